The van der Waals surface area contributed by atoms with E-state index in [9.17, 15) is 14.4 Å². The van der Waals surface area contributed by atoms with Crippen LogP contribution in [0.5, 0.6) is 0 Å². The van der Waals surface area contributed by atoms with E-state index in [1.165, 1.54) is 19.2 Å². The first-order valence-electron chi connectivity index (χ1n) is 5.24. The number of rotatable bonds is 2. The van der Waals surface area contributed by atoms with Crippen LogP contribution in [0.15, 0.2) is 40.1 Å². The molecule has 19 heavy (non-hydrogen) atoms. The zero-order valence-corrected chi connectivity index (χ0v) is 10.6. The van der Waals surface area contributed by atoms with E-state index >= 15 is 0 Å². The summed E-state index contributed by atoms with van der Waals surface area (Å²) in [7, 11) is 1.36. The highest BCUT2D eigenvalue weighted by molar-refractivity contribution is 6.32. The number of aromatic carboxylic acids is 1. The van der Waals surface area contributed by atoms with E-state index in [0.29, 0.717) is 0 Å². The van der Waals surface area contributed by atoms with Crippen molar-refractivity contribution in [2.75, 3.05) is 0 Å². The van der Waals surface area contributed by atoms with E-state index in [-0.39, 0.29) is 10.7 Å². The standard InChI is InChI=1S/C12H9ClN2O4/c1-14-6-7(11(17)18)10(16)15(12(14)19)9-5-3-2-4-8(9)13/h2-6H,1H3,(H,17,18). The third kappa shape index (κ3) is 2.17. The molecule has 0 aliphatic rings. The second-order valence-electron chi connectivity index (χ2n) is 3.83. The molecular formula is C12H9ClN2O4. The van der Waals surface area contributed by atoms with Gasteiger partial charge in [-0.3, -0.25) is 4.79 Å². The number of para-hydroxylation sites is 1. The molecule has 2 aromatic rings. The minimum Gasteiger partial charge on any atom is -0.477 e. The number of carboxylic acids is 1. The fourth-order valence-corrected chi connectivity index (χ4v) is 1.88. The molecule has 0 radical (unpaired) electrons. The highest BCUT2D eigenvalue weighted by Crippen LogP contribution is 2.16. The predicted molar refractivity (Wildman–Crippen MR) is 69.2 cm³/mol. The fourth-order valence-electron chi connectivity index (χ4n) is 1.66. The summed E-state index contributed by atoms with van der Waals surface area (Å²) < 4.78 is 1.76. The number of hydrogen-bond donors (Lipinski definition) is 1. The number of aryl methyl sites for hydroxylation is 1. The van der Waals surface area contributed by atoms with Crippen LogP contribution in [0.3, 0.4) is 0 Å². The number of carboxylic acid groups (broad SMARTS) is 1. The Kier molecular flexibility index (Phi) is 3.26. The van der Waals surface area contributed by atoms with Crippen molar-refractivity contribution in [1.29, 1.82) is 0 Å². The molecule has 0 aliphatic carbocycles. The Hall–Kier alpha value is -2.34. The smallest absolute Gasteiger partial charge is 0.342 e. The molecule has 1 aromatic heterocycles. The summed E-state index contributed by atoms with van der Waals surface area (Å²) in [4.78, 5) is 35.0. The van der Waals surface area contributed by atoms with E-state index in [0.717, 1.165) is 15.3 Å². The van der Waals surface area contributed by atoms with Crippen LogP contribution in [0.2, 0.25) is 5.02 Å². The van der Waals surface area contributed by atoms with E-state index in [1.54, 1.807) is 12.1 Å². The van der Waals surface area contributed by atoms with E-state index in [4.69, 9.17) is 16.7 Å². The number of hydrogen-bond acceptors (Lipinski definition) is 3. The van der Waals surface area contributed by atoms with Crippen molar-refractivity contribution in [3.8, 4) is 5.69 Å². The summed E-state index contributed by atoms with van der Waals surface area (Å²) >= 11 is 5.93. The van der Waals surface area contributed by atoms with Gasteiger partial charge in [0.15, 0.2) is 0 Å². The average Bonchev–Trinajstić information content (AvgIpc) is 2.36. The van der Waals surface area contributed by atoms with Crippen molar-refractivity contribution < 1.29 is 9.90 Å². The molecule has 0 spiro atoms. The first-order valence-corrected chi connectivity index (χ1v) is 5.62. The molecule has 2 rings (SSSR count). The van der Waals surface area contributed by atoms with Crippen LogP contribution in [-0.2, 0) is 7.05 Å². The largest absolute Gasteiger partial charge is 0.477 e. The molecule has 0 bridgehead atoms. The molecule has 6 nitrogen and oxygen atoms in total. The Labute approximate surface area is 112 Å². The molecule has 1 N–H and O–H groups in total. The van der Waals surface area contributed by atoms with Crippen LogP contribution < -0.4 is 11.2 Å². The first kappa shape index (κ1) is 13.1. The Morgan fingerprint density at radius 2 is 1.89 bits per heavy atom. The van der Waals surface area contributed by atoms with Crippen LogP contribution in [-0.4, -0.2) is 20.2 Å². The zero-order chi connectivity index (χ0) is 14.2. The van der Waals surface area contributed by atoms with Gasteiger partial charge < -0.3 is 9.67 Å². The molecule has 1 aromatic carbocycles. The van der Waals surface area contributed by atoms with Gasteiger partial charge in [0.05, 0.1) is 10.7 Å². The molecule has 0 saturated heterocycles. The van der Waals surface area contributed by atoms with Crippen LogP contribution in [0.25, 0.3) is 5.69 Å². The van der Waals surface area contributed by atoms with Gasteiger partial charge in [0.2, 0.25) is 0 Å². The Bertz CT molecular complexity index is 776. The van der Waals surface area contributed by atoms with E-state index in [2.05, 4.69) is 0 Å². The SMILES string of the molecule is Cn1cc(C(=O)O)c(=O)n(-c2ccccc2Cl)c1=O. The monoisotopic (exact) mass is 280 g/mol. The van der Waals surface area contributed by atoms with Crippen molar-refractivity contribution in [1.82, 2.24) is 9.13 Å². The maximum atomic E-state index is 12.0. The minimum atomic E-state index is -1.40. The lowest BCUT2D eigenvalue weighted by molar-refractivity contribution is 0.0693. The molecular weight excluding hydrogens is 272 g/mol. The van der Waals surface area contributed by atoms with Gasteiger partial charge in [-0.25, -0.2) is 14.2 Å². The Balaban J connectivity index is 2.92. The van der Waals surface area contributed by atoms with Gasteiger partial charge in [-0.05, 0) is 12.1 Å². The van der Waals surface area contributed by atoms with Crippen LogP contribution in [0.4, 0.5) is 0 Å². The summed E-state index contributed by atoms with van der Waals surface area (Å²) in [6.07, 6.45) is 0.986. The lowest BCUT2D eigenvalue weighted by atomic mass is 10.3. The second kappa shape index (κ2) is 4.74. The summed E-state index contributed by atoms with van der Waals surface area (Å²) in [5, 5.41) is 9.14. The molecule has 98 valence electrons. The van der Waals surface area contributed by atoms with Crippen molar-refractivity contribution in [2.24, 2.45) is 7.05 Å². The summed E-state index contributed by atoms with van der Waals surface area (Å²) in [6, 6.07) is 6.22. The quantitative estimate of drug-likeness (QED) is 0.886. The molecule has 0 atom stereocenters. The molecule has 0 fully saturated rings. The minimum absolute atomic E-state index is 0.151. The van der Waals surface area contributed by atoms with Gasteiger partial charge in [-0.1, -0.05) is 23.7 Å². The second-order valence-corrected chi connectivity index (χ2v) is 4.24. The van der Waals surface area contributed by atoms with Crippen LogP contribution in [0.1, 0.15) is 10.4 Å². The number of carbonyl (C=O) groups is 1. The fraction of sp³-hybridized carbons (Fsp3) is 0.0833. The van der Waals surface area contributed by atoms with Gasteiger partial charge in [0, 0.05) is 13.2 Å². The highest BCUT2D eigenvalue weighted by atomic mass is 35.5. The van der Waals surface area contributed by atoms with Gasteiger partial charge in [0.1, 0.15) is 5.56 Å². The maximum Gasteiger partial charge on any atom is 0.342 e. The van der Waals surface area contributed by atoms with Gasteiger partial charge in [-0.15, -0.1) is 0 Å². The predicted octanol–water partition coefficient (Wildman–Crippen LogP) is 0.888. The number of aromatic nitrogens is 2. The van der Waals surface area contributed by atoms with Crippen molar-refractivity contribution >= 4 is 17.6 Å². The molecule has 0 aliphatic heterocycles. The summed E-state index contributed by atoms with van der Waals surface area (Å²) in [6.45, 7) is 0. The average molecular weight is 281 g/mol. The molecule has 1 heterocycles. The van der Waals surface area contributed by atoms with Gasteiger partial charge >= 0.3 is 11.7 Å². The summed E-state index contributed by atoms with van der Waals surface area (Å²) in [5.41, 5.74) is -1.92. The van der Waals surface area contributed by atoms with Crippen LogP contribution in [0, 0.1) is 0 Å². The van der Waals surface area contributed by atoms with Gasteiger partial charge in [0.25, 0.3) is 5.56 Å². The van der Waals surface area contributed by atoms with Crippen molar-refractivity contribution in [3.63, 3.8) is 0 Å². The first-order chi connectivity index (χ1) is 8.93. The summed E-state index contributed by atoms with van der Waals surface area (Å²) in [5.74, 6) is -1.40. The Morgan fingerprint density at radius 1 is 1.26 bits per heavy atom. The normalized spacial score (nSPS) is 10.4. The third-order valence-electron chi connectivity index (χ3n) is 2.57. The molecule has 0 amide bonds. The highest BCUT2D eigenvalue weighted by Gasteiger charge is 2.17. The number of nitrogens with zero attached hydrogens (tertiary/aromatic N) is 2. The van der Waals surface area contributed by atoms with E-state index < -0.39 is 22.8 Å². The van der Waals surface area contributed by atoms with Crippen molar-refractivity contribution in [2.45, 2.75) is 0 Å². The van der Waals surface area contributed by atoms with Crippen LogP contribution >= 0.6 is 11.6 Å². The maximum absolute atomic E-state index is 12.0. The third-order valence-corrected chi connectivity index (χ3v) is 2.89. The zero-order valence-electron chi connectivity index (χ0n) is 9.83. The van der Waals surface area contributed by atoms with Gasteiger partial charge in [-0.2, -0.15) is 0 Å². The van der Waals surface area contributed by atoms with Crippen molar-refractivity contribution in [3.05, 3.63) is 61.9 Å². The lowest BCUT2D eigenvalue weighted by Crippen LogP contribution is -2.40. The lowest BCUT2D eigenvalue weighted by Gasteiger charge is -2.09. The number of halogens is 1. The van der Waals surface area contributed by atoms with E-state index in [1.807, 2.05) is 0 Å². The number of benzene rings is 1. The topological polar surface area (TPSA) is 81.3 Å². The molecule has 7 heteroatoms. The molecule has 0 unspecified atom stereocenters. The Morgan fingerprint density at radius 3 is 2.47 bits per heavy atom. The molecule has 0 saturated carbocycles.